The van der Waals surface area contributed by atoms with E-state index in [9.17, 15) is 4.39 Å². The lowest BCUT2D eigenvalue weighted by molar-refractivity contribution is 0.438. The summed E-state index contributed by atoms with van der Waals surface area (Å²) < 4.78 is 19.9. The van der Waals surface area contributed by atoms with E-state index in [1.807, 2.05) is 25.1 Å². The van der Waals surface area contributed by atoms with Crippen molar-refractivity contribution in [3.63, 3.8) is 0 Å². The molecule has 2 rings (SSSR count). The Morgan fingerprint density at radius 2 is 1.75 bits per heavy atom. The fourth-order valence-electron chi connectivity index (χ4n) is 1.37. The van der Waals surface area contributed by atoms with E-state index in [2.05, 4.69) is 15.9 Å². The lowest BCUT2D eigenvalue weighted by Crippen LogP contribution is -1.92. The number of benzene rings is 2. The monoisotopic (exact) mass is 280 g/mol. The van der Waals surface area contributed by atoms with Crippen LogP contribution in [0.2, 0.25) is 0 Å². The molecule has 0 spiro atoms. The summed E-state index contributed by atoms with van der Waals surface area (Å²) in [7, 11) is 0. The Balaban J connectivity index is 2.38. The van der Waals surface area contributed by atoms with E-state index in [0.29, 0.717) is 5.75 Å². The Bertz CT molecular complexity index is 497. The summed E-state index contributed by atoms with van der Waals surface area (Å²) in [5.74, 6) is 0.535. The standard InChI is InChI=1S/C13H10BrFO/c1-9-11(14)7-8-12(15)13(9)16-10-5-3-2-4-6-10/h2-8H,1H3. The van der Waals surface area contributed by atoms with E-state index in [0.717, 1.165) is 10.0 Å². The van der Waals surface area contributed by atoms with Gasteiger partial charge in [-0.15, -0.1) is 0 Å². The zero-order valence-electron chi connectivity index (χ0n) is 8.71. The molecule has 0 aromatic heterocycles. The molecule has 0 aliphatic rings. The number of para-hydroxylation sites is 1. The third-order valence-electron chi connectivity index (χ3n) is 2.25. The molecule has 0 aliphatic heterocycles. The molecule has 0 bridgehead atoms. The van der Waals surface area contributed by atoms with Gasteiger partial charge in [0.1, 0.15) is 5.75 Å². The van der Waals surface area contributed by atoms with Gasteiger partial charge in [0, 0.05) is 10.0 Å². The van der Waals surface area contributed by atoms with Crippen LogP contribution in [0.3, 0.4) is 0 Å². The highest BCUT2D eigenvalue weighted by Crippen LogP contribution is 2.32. The first kappa shape index (κ1) is 11.1. The average molecular weight is 281 g/mol. The van der Waals surface area contributed by atoms with Gasteiger partial charge in [-0.3, -0.25) is 0 Å². The minimum absolute atomic E-state index is 0.264. The van der Waals surface area contributed by atoms with E-state index in [-0.39, 0.29) is 11.6 Å². The van der Waals surface area contributed by atoms with Crippen molar-refractivity contribution in [3.05, 3.63) is 58.3 Å². The summed E-state index contributed by atoms with van der Waals surface area (Å²) in [5, 5.41) is 0. The second-order valence-corrected chi connectivity index (χ2v) is 4.25. The minimum Gasteiger partial charge on any atom is -0.454 e. The summed E-state index contributed by atoms with van der Waals surface area (Å²) >= 11 is 3.35. The van der Waals surface area contributed by atoms with Gasteiger partial charge in [0.25, 0.3) is 0 Å². The summed E-state index contributed by atoms with van der Waals surface area (Å²) in [4.78, 5) is 0. The van der Waals surface area contributed by atoms with Crippen molar-refractivity contribution in [2.24, 2.45) is 0 Å². The highest BCUT2D eigenvalue weighted by atomic mass is 79.9. The van der Waals surface area contributed by atoms with Gasteiger partial charge >= 0.3 is 0 Å². The van der Waals surface area contributed by atoms with Crippen molar-refractivity contribution in [2.45, 2.75) is 6.92 Å². The molecule has 0 fully saturated rings. The summed E-state index contributed by atoms with van der Waals surface area (Å²) in [5.41, 5.74) is 0.754. The normalized spacial score (nSPS) is 10.2. The van der Waals surface area contributed by atoms with Crippen molar-refractivity contribution in [3.8, 4) is 11.5 Å². The van der Waals surface area contributed by atoms with Gasteiger partial charge in [0.05, 0.1) is 0 Å². The SMILES string of the molecule is Cc1c(Br)ccc(F)c1Oc1ccccc1. The lowest BCUT2D eigenvalue weighted by atomic mass is 10.2. The summed E-state index contributed by atoms with van der Waals surface area (Å²) in [6.45, 7) is 1.81. The van der Waals surface area contributed by atoms with Crippen LogP contribution in [0.1, 0.15) is 5.56 Å². The van der Waals surface area contributed by atoms with Crippen molar-refractivity contribution in [1.82, 2.24) is 0 Å². The summed E-state index contributed by atoms with van der Waals surface area (Å²) in [6, 6.07) is 12.2. The maximum absolute atomic E-state index is 13.6. The first-order valence-corrected chi connectivity index (χ1v) is 5.65. The van der Waals surface area contributed by atoms with Crippen LogP contribution in [0.15, 0.2) is 46.9 Å². The molecular weight excluding hydrogens is 271 g/mol. The largest absolute Gasteiger partial charge is 0.454 e. The molecule has 0 aliphatic carbocycles. The number of hydrogen-bond donors (Lipinski definition) is 0. The van der Waals surface area contributed by atoms with Crippen LogP contribution in [0.5, 0.6) is 11.5 Å². The highest BCUT2D eigenvalue weighted by molar-refractivity contribution is 9.10. The third kappa shape index (κ3) is 2.25. The molecular formula is C13H10BrFO. The van der Waals surface area contributed by atoms with Crippen LogP contribution < -0.4 is 4.74 Å². The zero-order chi connectivity index (χ0) is 11.5. The molecule has 1 nitrogen and oxygen atoms in total. The van der Waals surface area contributed by atoms with Crippen molar-refractivity contribution in [2.75, 3.05) is 0 Å². The molecule has 2 aromatic carbocycles. The van der Waals surface area contributed by atoms with E-state index >= 15 is 0 Å². The van der Waals surface area contributed by atoms with Gasteiger partial charge in [-0.1, -0.05) is 34.1 Å². The molecule has 82 valence electrons. The quantitative estimate of drug-likeness (QED) is 0.776. The molecule has 0 unspecified atom stereocenters. The maximum Gasteiger partial charge on any atom is 0.167 e. The molecule has 0 heterocycles. The van der Waals surface area contributed by atoms with Crippen LogP contribution in [0.4, 0.5) is 4.39 Å². The van der Waals surface area contributed by atoms with Crippen LogP contribution >= 0.6 is 15.9 Å². The predicted octanol–water partition coefficient (Wildman–Crippen LogP) is 4.69. The number of halogens is 2. The average Bonchev–Trinajstić information content (AvgIpc) is 2.31. The second kappa shape index (κ2) is 4.66. The van der Waals surface area contributed by atoms with Crippen LogP contribution in [-0.2, 0) is 0 Å². The zero-order valence-corrected chi connectivity index (χ0v) is 10.3. The van der Waals surface area contributed by atoms with Gasteiger partial charge in [-0.25, -0.2) is 4.39 Å². The van der Waals surface area contributed by atoms with E-state index in [1.54, 1.807) is 18.2 Å². The predicted molar refractivity (Wildman–Crippen MR) is 65.4 cm³/mol. The molecule has 2 aromatic rings. The Kier molecular flexibility index (Phi) is 3.25. The molecule has 16 heavy (non-hydrogen) atoms. The van der Waals surface area contributed by atoms with Gasteiger partial charge < -0.3 is 4.74 Å². The second-order valence-electron chi connectivity index (χ2n) is 3.40. The van der Waals surface area contributed by atoms with E-state index < -0.39 is 0 Å². The Labute approximate surface area is 102 Å². The molecule has 0 atom stereocenters. The molecule has 0 N–H and O–H groups in total. The van der Waals surface area contributed by atoms with Gasteiger partial charge in [0.15, 0.2) is 11.6 Å². The summed E-state index contributed by atoms with van der Waals surface area (Å²) in [6.07, 6.45) is 0. The van der Waals surface area contributed by atoms with Crippen molar-refractivity contribution >= 4 is 15.9 Å². The molecule has 0 saturated carbocycles. The Morgan fingerprint density at radius 3 is 2.44 bits per heavy atom. The van der Waals surface area contributed by atoms with Crippen LogP contribution in [0.25, 0.3) is 0 Å². The van der Waals surface area contributed by atoms with E-state index in [1.165, 1.54) is 6.07 Å². The third-order valence-corrected chi connectivity index (χ3v) is 3.11. The topological polar surface area (TPSA) is 9.23 Å². The molecule has 0 saturated heterocycles. The van der Waals surface area contributed by atoms with Crippen LogP contribution in [-0.4, -0.2) is 0 Å². The first-order valence-electron chi connectivity index (χ1n) is 4.86. The fraction of sp³-hybridized carbons (Fsp3) is 0.0769. The highest BCUT2D eigenvalue weighted by Gasteiger charge is 2.10. The van der Waals surface area contributed by atoms with Crippen molar-refractivity contribution < 1.29 is 9.13 Å². The fourth-order valence-corrected chi connectivity index (χ4v) is 1.68. The first-order chi connectivity index (χ1) is 7.68. The van der Waals surface area contributed by atoms with Gasteiger partial charge in [-0.2, -0.15) is 0 Å². The van der Waals surface area contributed by atoms with Crippen LogP contribution in [0, 0.1) is 12.7 Å². The molecule has 3 heteroatoms. The minimum atomic E-state index is -0.357. The number of rotatable bonds is 2. The lowest BCUT2D eigenvalue weighted by Gasteiger charge is -2.10. The maximum atomic E-state index is 13.6. The number of ether oxygens (including phenoxy) is 1. The van der Waals surface area contributed by atoms with Crippen molar-refractivity contribution in [1.29, 1.82) is 0 Å². The van der Waals surface area contributed by atoms with E-state index in [4.69, 9.17) is 4.74 Å². The number of hydrogen-bond acceptors (Lipinski definition) is 1. The molecule has 0 radical (unpaired) electrons. The molecule has 0 amide bonds. The van der Waals surface area contributed by atoms with Gasteiger partial charge in [-0.05, 0) is 31.2 Å². The Morgan fingerprint density at radius 1 is 1.06 bits per heavy atom. The smallest absolute Gasteiger partial charge is 0.167 e. The Hall–Kier alpha value is -1.35. The van der Waals surface area contributed by atoms with Gasteiger partial charge in [0.2, 0.25) is 0 Å².